The van der Waals surface area contributed by atoms with Gasteiger partial charge in [0.25, 0.3) is 5.69 Å². The number of carbonyl (C=O) groups is 2. The summed E-state index contributed by atoms with van der Waals surface area (Å²) in [5.74, 6) is -2.67. The Morgan fingerprint density at radius 1 is 1.33 bits per heavy atom. The summed E-state index contributed by atoms with van der Waals surface area (Å²) in [5, 5.41) is 28.9. The first-order valence-corrected chi connectivity index (χ1v) is 5.70. The zero-order valence-corrected chi connectivity index (χ0v) is 11.0. The first kappa shape index (κ1) is 16.5. The van der Waals surface area contributed by atoms with Crippen molar-refractivity contribution in [3.63, 3.8) is 0 Å². The molecule has 2 atom stereocenters. The monoisotopic (exact) mass is 299 g/mol. The minimum absolute atomic E-state index is 0.122. The number of hydrogen-bond acceptors (Lipinski definition) is 7. The maximum atomic E-state index is 11.1. The van der Waals surface area contributed by atoms with Gasteiger partial charge in [0.2, 0.25) is 0 Å². The number of carbonyl (C=O) groups excluding carboxylic acids is 1. The fraction of sp³-hybridized carbons (Fsp3) is 0.333. The third kappa shape index (κ3) is 4.51. The van der Waals surface area contributed by atoms with Crippen LogP contribution in [0.5, 0.6) is 0 Å². The number of carboxylic acids is 1. The molecule has 1 rings (SSSR count). The van der Waals surface area contributed by atoms with Crippen molar-refractivity contribution in [2.75, 3.05) is 7.11 Å². The number of nitrogens with zero attached hydrogens (tertiary/aromatic N) is 1. The standard InChI is InChI=1S/C12H13NO8/c1-20-12(17)9(14)10(11(15)16)21-6-7-2-4-8(5-3-7)13(18)19/h2-5,9-10,14H,6H2,1H3,(H,15,16)/t9-,10-/m1/s1. The van der Waals surface area contributed by atoms with Gasteiger partial charge >= 0.3 is 11.9 Å². The van der Waals surface area contributed by atoms with Crippen molar-refractivity contribution in [1.29, 1.82) is 0 Å². The van der Waals surface area contributed by atoms with E-state index in [2.05, 4.69) is 4.74 Å². The molecule has 0 unspecified atom stereocenters. The highest BCUT2D eigenvalue weighted by molar-refractivity contribution is 5.84. The number of non-ortho nitro benzene ring substituents is 1. The first-order valence-electron chi connectivity index (χ1n) is 5.70. The maximum Gasteiger partial charge on any atom is 0.338 e. The lowest BCUT2D eigenvalue weighted by Gasteiger charge is -2.17. The second-order valence-electron chi connectivity index (χ2n) is 3.96. The summed E-state index contributed by atoms with van der Waals surface area (Å²) in [7, 11) is 1.00. The summed E-state index contributed by atoms with van der Waals surface area (Å²) in [6.07, 6.45) is -3.77. The van der Waals surface area contributed by atoms with Gasteiger partial charge in [0, 0.05) is 12.1 Å². The van der Waals surface area contributed by atoms with Crippen LogP contribution in [0.4, 0.5) is 5.69 Å². The van der Waals surface area contributed by atoms with Crippen molar-refractivity contribution < 1.29 is 34.2 Å². The predicted octanol–water partition coefficient (Wildman–Crippen LogP) is 0.0985. The molecule has 2 N–H and O–H groups in total. The lowest BCUT2D eigenvalue weighted by atomic mass is 10.2. The van der Waals surface area contributed by atoms with E-state index in [1.807, 2.05) is 0 Å². The average Bonchev–Trinajstić information content (AvgIpc) is 2.46. The topological polar surface area (TPSA) is 136 Å². The number of aliphatic carboxylic acids is 1. The van der Waals surface area contributed by atoms with Crippen LogP contribution < -0.4 is 0 Å². The molecule has 0 heterocycles. The Balaban J connectivity index is 2.71. The average molecular weight is 299 g/mol. The molecule has 9 heteroatoms. The largest absolute Gasteiger partial charge is 0.479 e. The molecule has 0 saturated heterocycles. The highest BCUT2D eigenvalue weighted by Crippen LogP contribution is 2.14. The zero-order chi connectivity index (χ0) is 16.0. The molecule has 1 aromatic carbocycles. The molecule has 0 saturated carbocycles. The van der Waals surface area contributed by atoms with Crippen molar-refractivity contribution in [3.05, 3.63) is 39.9 Å². The van der Waals surface area contributed by atoms with E-state index in [4.69, 9.17) is 9.84 Å². The molecule has 1 aromatic rings. The molecule has 0 aromatic heterocycles. The van der Waals surface area contributed by atoms with Crippen molar-refractivity contribution >= 4 is 17.6 Å². The Morgan fingerprint density at radius 3 is 2.33 bits per heavy atom. The lowest BCUT2D eigenvalue weighted by molar-refractivity contribution is -0.384. The second kappa shape index (κ2) is 7.31. The van der Waals surface area contributed by atoms with Gasteiger partial charge in [0.15, 0.2) is 12.2 Å². The molecule has 0 radical (unpaired) electrons. The summed E-state index contributed by atoms with van der Waals surface area (Å²) in [4.78, 5) is 31.9. The Morgan fingerprint density at radius 2 is 1.90 bits per heavy atom. The number of esters is 1. The fourth-order valence-electron chi connectivity index (χ4n) is 1.44. The quantitative estimate of drug-likeness (QED) is 0.411. The van der Waals surface area contributed by atoms with E-state index in [1.54, 1.807) is 0 Å². The van der Waals surface area contributed by atoms with Crippen molar-refractivity contribution in [2.24, 2.45) is 0 Å². The van der Waals surface area contributed by atoms with Gasteiger partial charge in [-0.25, -0.2) is 9.59 Å². The van der Waals surface area contributed by atoms with E-state index in [1.165, 1.54) is 24.3 Å². The fourth-order valence-corrected chi connectivity index (χ4v) is 1.44. The molecule has 0 amide bonds. The number of ether oxygens (including phenoxy) is 2. The van der Waals surface area contributed by atoms with Crippen molar-refractivity contribution in [1.82, 2.24) is 0 Å². The number of carboxylic acid groups (broad SMARTS) is 1. The van der Waals surface area contributed by atoms with Crippen LogP contribution in [0.25, 0.3) is 0 Å². The minimum Gasteiger partial charge on any atom is -0.479 e. The summed E-state index contributed by atoms with van der Waals surface area (Å²) >= 11 is 0. The highest BCUT2D eigenvalue weighted by Gasteiger charge is 2.33. The number of hydrogen-bond donors (Lipinski definition) is 2. The van der Waals surface area contributed by atoms with Crippen LogP contribution in [-0.4, -0.2) is 46.4 Å². The van der Waals surface area contributed by atoms with Gasteiger partial charge in [-0.2, -0.15) is 0 Å². The Kier molecular flexibility index (Phi) is 5.76. The number of aliphatic hydroxyl groups excluding tert-OH is 1. The number of nitro benzene ring substituents is 1. The van der Waals surface area contributed by atoms with E-state index in [-0.39, 0.29) is 12.3 Å². The maximum absolute atomic E-state index is 11.1. The van der Waals surface area contributed by atoms with Gasteiger partial charge in [-0.05, 0) is 17.7 Å². The molecular weight excluding hydrogens is 286 g/mol. The predicted molar refractivity (Wildman–Crippen MR) is 67.3 cm³/mol. The number of nitro groups is 1. The molecule has 0 bridgehead atoms. The van der Waals surface area contributed by atoms with Crippen LogP contribution in [0, 0.1) is 10.1 Å². The smallest absolute Gasteiger partial charge is 0.338 e. The molecule has 0 aliphatic heterocycles. The highest BCUT2D eigenvalue weighted by atomic mass is 16.6. The number of aliphatic hydroxyl groups is 1. The Labute approximate surface area is 118 Å². The van der Waals surface area contributed by atoms with Crippen molar-refractivity contribution in [3.8, 4) is 0 Å². The molecule has 0 fully saturated rings. The normalized spacial score (nSPS) is 13.2. The number of methoxy groups -OCH3 is 1. The first-order chi connectivity index (χ1) is 9.86. The second-order valence-corrected chi connectivity index (χ2v) is 3.96. The molecular formula is C12H13NO8. The van der Waals surface area contributed by atoms with E-state index >= 15 is 0 Å². The molecule has 114 valence electrons. The van der Waals surface area contributed by atoms with Gasteiger partial charge in [0.05, 0.1) is 18.6 Å². The number of benzene rings is 1. The zero-order valence-electron chi connectivity index (χ0n) is 11.0. The van der Waals surface area contributed by atoms with E-state index in [0.717, 1.165) is 7.11 Å². The lowest BCUT2D eigenvalue weighted by Crippen LogP contribution is -2.42. The van der Waals surface area contributed by atoms with Crippen LogP contribution in [0.2, 0.25) is 0 Å². The molecule has 9 nitrogen and oxygen atoms in total. The number of rotatable bonds is 7. The van der Waals surface area contributed by atoms with Gasteiger partial charge in [-0.15, -0.1) is 0 Å². The van der Waals surface area contributed by atoms with E-state index in [0.29, 0.717) is 5.56 Å². The summed E-state index contributed by atoms with van der Waals surface area (Å²) < 4.78 is 9.18. The van der Waals surface area contributed by atoms with Crippen LogP contribution >= 0.6 is 0 Å². The molecule has 0 aliphatic rings. The van der Waals surface area contributed by atoms with E-state index < -0.39 is 29.1 Å². The van der Waals surface area contributed by atoms with E-state index in [9.17, 15) is 24.8 Å². The summed E-state index contributed by atoms with van der Waals surface area (Å²) in [6, 6.07) is 5.21. The molecule has 21 heavy (non-hydrogen) atoms. The van der Waals surface area contributed by atoms with Crippen LogP contribution in [0.1, 0.15) is 5.56 Å². The van der Waals surface area contributed by atoms with Crippen LogP contribution in [-0.2, 0) is 25.7 Å². The van der Waals surface area contributed by atoms with Crippen LogP contribution in [0.3, 0.4) is 0 Å². The van der Waals surface area contributed by atoms with Gasteiger partial charge < -0.3 is 19.7 Å². The molecule has 0 spiro atoms. The minimum atomic E-state index is -1.97. The third-order valence-electron chi connectivity index (χ3n) is 2.55. The Hall–Kier alpha value is -2.52. The summed E-state index contributed by atoms with van der Waals surface area (Å²) in [6.45, 7) is -0.247. The summed E-state index contributed by atoms with van der Waals surface area (Å²) in [5.41, 5.74) is 0.326. The molecule has 0 aliphatic carbocycles. The van der Waals surface area contributed by atoms with Gasteiger partial charge in [-0.3, -0.25) is 10.1 Å². The van der Waals surface area contributed by atoms with Gasteiger partial charge in [0.1, 0.15) is 0 Å². The Bertz CT molecular complexity index is 527. The SMILES string of the molecule is COC(=O)[C@H](O)[C@@H](OCc1ccc([N+](=O)[O-])cc1)C(=O)O. The van der Waals surface area contributed by atoms with Crippen LogP contribution in [0.15, 0.2) is 24.3 Å². The van der Waals surface area contributed by atoms with Gasteiger partial charge in [-0.1, -0.05) is 0 Å². The third-order valence-corrected chi connectivity index (χ3v) is 2.55. The van der Waals surface area contributed by atoms with Crippen molar-refractivity contribution in [2.45, 2.75) is 18.8 Å².